The molecule has 12 heteroatoms. The molecule has 0 saturated carbocycles. The zero-order valence-corrected chi connectivity index (χ0v) is 11.2. The van der Waals surface area contributed by atoms with Crippen molar-refractivity contribution in [3.05, 3.63) is 34.4 Å². The molecule has 0 radical (unpaired) electrons. The average Bonchev–Trinajstić information content (AvgIpc) is 2.25. The molecule has 0 aliphatic rings. The number of hydrogen-bond acceptors (Lipinski definition) is 2. The lowest BCUT2D eigenvalue weighted by Gasteiger charge is -2.13. The fraction of sp³-hybridized carbons (Fsp3) is 0.250. The Kier molecular flexibility index (Phi) is 4.80. The highest BCUT2D eigenvalue weighted by Gasteiger charge is 2.31. The molecule has 0 heterocycles. The molecule has 0 bridgehead atoms. The van der Waals surface area contributed by atoms with E-state index in [1.165, 1.54) is 0 Å². The third-order valence-corrected chi connectivity index (χ3v) is 3.63. The Bertz CT molecular complexity index is 552. The maximum Gasteiger partial charge on any atom is 0.330 e. The van der Waals surface area contributed by atoms with Gasteiger partial charge < -0.3 is 19.6 Å². The molecule has 4 N–H and O–H groups in total. The van der Waals surface area contributed by atoms with Gasteiger partial charge in [-0.05, 0) is 0 Å². The van der Waals surface area contributed by atoms with Gasteiger partial charge in [-0.15, -0.1) is 0 Å². The van der Waals surface area contributed by atoms with Crippen LogP contribution in [0.2, 0.25) is 0 Å². The first kappa shape index (κ1) is 17.3. The average molecular weight is 338 g/mol. The first-order valence-corrected chi connectivity index (χ1v) is 8.36. The van der Waals surface area contributed by atoms with Gasteiger partial charge in [0.25, 0.3) is 0 Å². The summed E-state index contributed by atoms with van der Waals surface area (Å²) in [4.78, 5) is 34.3. The molecule has 0 aromatic heterocycles. The molecule has 20 heavy (non-hydrogen) atoms. The van der Waals surface area contributed by atoms with E-state index in [2.05, 4.69) is 0 Å². The summed E-state index contributed by atoms with van der Waals surface area (Å²) in [7, 11) is -10.0. The fourth-order valence-corrected chi connectivity index (χ4v) is 2.79. The topological polar surface area (TPSA) is 115 Å². The van der Waals surface area contributed by atoms with Crippen LogP contribution in [0.4, 0.5) is 17.6 Å². The molecule has 1 rings (SSSR count). The van der Waals surface area contributed by atoms with Crippen LogP contribution in [0, 0.1) is 23.3 Å². The minimum absolute atomic E-state index is 1.53. The Morgan fingerprint density at radius 1 is 0.650 bits per heavy atom. The van der Waals surface area contributed by atoms with E-state index in [1.807, 2.05) is 0 Å². The van der Waals surface area contributed by atoms with Crippen molar-refractivity contribution in [2.24, 2.45) is 0 Å². The van der Waals surface area contributed by atoms with Gasteiger partial charge >= 0.3 is 15.2 Å². The molecule has 0 fully saturated rings. The Hall–Kier alpha value is -0.760. The Morgan fingerprint density at radius 3 is 1.00 bits per heavy atom. The summed E-state index contributed by atoms with van der Waals surface area (Å²) in [5.41, 5.74) is -3.05. The number of rotatable bonds is 4. The normalized spacial score (nSPS) is 12.8. The van der Waals surface area contributed by atoms with E-state index in [0.717, 1.165) is 0 Å². The minimum Gasteiger partial charge on any atom is -0.324 e. The maximum absolute atomic E-state index is 13.4. The molecule has 0 aliphatic heterocycles. The number of hydrogen-bond donors (Lipinski definition) is 4. The lowest BCUT2D eigenvalue weighted by atomic mass is 10.1. The molecule has 0 saturated heterocycles. The van der Waals surface area contributed by atoms with Crippen LogP contribution in [0.1, 0.15) is 11.1 Å². The summed E-state index contributed by atoms with van der Waals surface area (Å²) in [6.07, 6.45) is -3.18. The van der Waals surface area contributed by atoms with Crippen molar-refractivity contribution >= 4 is 15.2 Å². The summed E-state index contributed by atoms with van der Waals surface area (Å²) in [6.45, 7) is 0. The first-order valence-electron chi connectivity index (χ1n) is 4.76. The van der Waals surface area contributed by atoms with Gasteiger partial charge in [0.1, 0.15) is 0 Å². The van der Waals surface area contributed by atoms with E-state index in [1.54, 1.807) is 0 Å². The van der Waals surface area contributed by atoms with Crippen molar-refractivity contribution < 1.29 is 46.3 Å². The van der Waals surface area contributed by atoms with Crippen molar-refractivity contribution in [2.75, 3.05) is 0 Å². The minimum atomic E-state index is -5.00. The molecule has 6 nitrogen and oxygen atoms in total. The Morgan fingerprint density at radius 2 is 0.850 bits per heavy atom. The monoisotopic (exact) mass is 338 g/mol. The van der Waals surface area contributed by atoms with Gasteiger partial charge in [0.2, 0.25) is 0 Å². The fourth-order valence-electron chi connectivity index (χ4n) is 1.41. The highest BCUT2D eigenvalue weighted by molar-refractivity contribution is 7.51. The summed E-state index contributed by atoms with van der Waals surface area (Å²) < 4.78 is 75.0. The molecule has 0 amide bonds. The molecule has 1 aromatic rings. The standard InChI is InChI=1S/C8H8F4O6P2/c9-5-3(1-19(13,14)15)6(10)8(12)4(7(5)11)2-20(16,17)18/h1-2H2,(H2,13,14,15)(H2,16,17,18). The van der Waals surface area contributed by atoms with Crippen LogP contribution >= 0.6 is 15.2 Å². The van der Waals surface area contributed by atoms with Gasteiger partial charge in [-0.2, -0.15) is 0 Å². The summed E-state index contributed by atoms with van der Waals surface area (Å²) in [5, 5.41) is 0. The SMILES string of the molecule is O=P(O)(O)Cc1c(F)c(F)c(CP(=O)(O)O)c(F)c1F. The highest BCUT2D eigenvalue weighted by atomic mass is 31.2. The largest absolute Gasteiger partial charge is 0.330 e. The second kappa shape index (κ2) is 5.55. The summed E-state index contributed by atoms with van der Waals surface area (Å²) in [6, 6.07) is 0. The second-order valence-electron chi connectivity index (χ2n) is 3.86. The van der Waals surface area contributed by atoms with Gasteiger partial charge in [-0.25, -0.2) is 17.6 Å². The molecular formula is C8H8F4O6P2. The number of halogens is 4. The molecule has 0 atom stereocenters. The van der Waals surface area contributed by atoms with Crippen molar-refractivity contribution in [1.82, 2.24) is 0 Å². The molecule has 0 unspecified atom stereocenters. The zero-order chi connectivity index (χ0) is 15.9. The Labute approximate surface area is 109 Å². The van der Waals surface area contributed by atoms with Crippen molar-refractivity contribution in [3.63, 3.8) is 0 Å². The van der Waals surface area contributed by atoms with Crippen LogP contribution in [0.25, 0.3) is 0 Å². The predicted octanol–water partition coefficient (Wildman–Crippen LogP) is 1.60. The Balaban J connectivity index is 3.49. The van der Waals surface area contributed by atoms with E-state index >= 15 is 0 Å². The molecule has 1 aromatic carbocycles. The lowest BCUT2D eigenvalue weighted by molar-refractivity contribution is 0.360. The smallest absolute Gasteiger partial charge is 0.324 e. The van der Waals surface area contributed by atoms with Gasteiger partial charge in [0.05, 0.1) is 12.3 Å². The summed E-state index contributed by atoms with van der Waals surface area (Å²) in [5.74, 6) is -8.40. The van der Waals surface area contributed by atoms with Crippen molar-refractivity contribution in [3.8, 4) is 0 Å². The van der Waals surface area contributed by atoms with Gasteiger partial charge in [0, 0.05) is 11.1 Å². The van der Waals surface area contributed by atoms with E-state index in [4.69, 9.17) is 19.6 Å². The van der Waals surface area contributed by atoms with E-state index < -0.39 is 61.9 Å². The lowest BCUT2D eigenvalue weighted by Crippen LogP contribution is -2.09. The zero-order valence-electron chi connectivity index (χ0n) is 9.43. The summed E-state index contributed by atoms with van der Waals surface area (Å²) >= 11 is 0. The van der Waals surface area contributed by atoms with Crippen LogP contribution in [0.15, 0.2) is 0 Å². The molecule has 0 aliphatic carbocycles. The second-order valence-corrected chi connectivity index (χ2v) is 7.15. The van der Waals surface area contributed by atoms with E-state index in [9.17, 15) is 26.7 Å². The third-order valence-electron chi connectivity index (χ3n) is 2.17. The van der Waals surface area contributed by atoms with Crippen molar-refractivity contribution in [1.29, 1.82) is 0 Å². The van der Waals surface area contributed by atoms with Gasteiger partial charge in [0.15, 0.2) is 23.3 Å². The van der Waals surface area contributed by atoms with Crippen LogP contribution in [0.5, 0.6) is 0 Å². The van der Waals surface area contributed by atoms with Crippen LogP contribution in [0.3, 0.4) is 0 Å². The third kappa shape index (κ3) is 4.12. The maximum atomic E-state index is 13.4. The van der Waals surface area contributed by atoms with Gasteiger partial charge in [-0.3, -0.25) is 9.13 Å². The van der Waals surface area contributed by atoms with Crippen LogP contribution in [-0.2, 0) is 21.5 Å². The van der Waals surface area contributed by atoms with E-state index in [-0.39, 0.29) is 0 Å². The van der Waals surface area contributed by atoms with E-state index in [0.29, 0.717) is 0 Å². The van der Waals surface area contributed by atoms with Crippen LogP contribution in [-0.4, -0.2) is 19.6 Å². The first-order chi connectivity index (χ1) is 8.83. The number of benzene rings is 1. The molecule has 114 valence electrons. The highest BCUT2D eigenvalue weighted by Crippen LogP contribution is 2.44. The van der Waals surface area contributed by atoms with Crippen molar-refractivity contribution in [2.45, 2.75) is 12.3 Å². The quantitative estimate of drug-likeness (QED) is 0.377. The predicted molar refractivity (Wildman–Crippen MR) is 57.8 cm³/mol. The molecular weight excluding hydrogens is 330 g/mol. The molecule has 0 spiro atoms. The van der Waals surface area contributed by atoms with Gasteiger partial charge in [-0.1, -0.05) is 0 Å². The van der Waals surface area contributed by atoms with Crippen LogP contribution < -0.4 is 0 Å².